The van der Waals surface area contributed by atoms with Gasteiger partial charge in [0, 0.05) is 11.1 Å². The van der Waals surface area contributed by atoms with Gasteiger partial charge in [-0.1, -0.05) is 11.3 Å². The molecule has 4 N–H and O–H groups in total. The van der Waals surface area contributed by atoms with Gasteiger partial charge in [-0.25, -0.2) is 0 Å². The van der Waals surface area contributed by atoms with Gasteiger partial charge in [0.2, 0.25) is 0 Å². The first-order valence-corrected chi connectivity index (χ1v) is 6.74. The molecule has 0 fully saturated rings. The van der Waals surface area contributed by atoms with Crippen LogP contribution in [0.2, 0.25) is 0 Å². The van der Waals surface area contributed by atoms with Gasteiger partial charge >= 0.3 is 0 Å². The molecular weight excluding hydrogens is 292 g/mol. The molecule has 0 amide bonds. The smallest absolute Gasteiger partial charge is 0.158 e. The summed E-state index contributed by atoms with van der Waals surface area (Å²) >= 11 is 1.26. The molecule has 0 bridgehead atoms. The van der Waals surface area contributed by atoms with E-state index in [2.05, 4.69) is 10.2 Å². The average Bonchev–Trinajstić information content (AvgIpc) is 2.94. The maximum absolute atomic E-state index is 9.50. The molecule has 21 heavy (non-hydrogen) atoms. The van der Waals surface area contributed by atoms with Crippen molar-refractivity contribution < 1.29 is 20.4 Å². The van der Waals surface area contributed by atoms with Crippen molar-refractivity contribution >= 4 is 11.3 Å². The summed E-state index contributed by atoms with van der Waals surface area (Å²) in [5.41, 5.74) is 1.24. The minimum Gasteiger partial charge on any atom is -0.504 e. The monoisotopic (exact) mass is 302 g/mol. The van der Waals surface area contributed by atoms with Gasteiger partial charge < -0.3 is 20.4 Å². The summed E-state index contributed by atoms with van der Waals surface area (Å²) in [6.07, 6.45) is 0. The molecule has 0 spiro atoms. The van der Waals surface area contributed by atoms with Crippen molar-refractivity contribution in [2.24, 2.45) is 0 Å². The molecule has 0 unspecified atom stereocenters. The van der Waals surface area contributed by atoms with Crippen LogP contribution in [-0.2, 0) is 0 Å². The molecular formula is C14H10N2O4S. The van der Waals surface area contributed by atoms with Crippen LogP contribution in [0, 0.1) is 0 Å². The molecule has 106 valence electrons. The van der Waals surface area contributed by atoms with E-state index in [-0.39, 0.29) is 23.0 Å². The van der Waals surface area contributed by atoms with Crippen molar-refractivity contribution in [1.82, 2.24) is 10.2 Å². The SMILES string of the molecule is Oc1ccc(-c2nnc(-c3ccc(O)c(O)c3)s2)cc1O. The molecule has 0 saturated heterocycles. The maximum Gasteiger partial charge on any atom is 0.158 e. The van der Waals surface area contributed by atoms with Crippen molar-refractivity contribution in [2.45, 2.75) is 0 Å². The predicted octanol–water partition coefficient (Wildman–Crippen LogP) is 2.69. The highest BCUT2D eigenvalue weighted by molar-refractivity contribution is 7.17. The quantitative estimate of drug-likeness (QED) is 0.542. The zero-order valence-corrected chi connectivity index (χ0v) is 11.4. The standard InChI is InChI=1S/C14H10N2O4S/c17-9-3-1-7(5-11(9)19)13-15-16-14(21-13)8-2-4-10(18)12(20)6-8/h1-6,17-20H. The van der Waals surface area contributed by atoms with Crippen molar-refractivity contribution in [2.75, 3.05) is 0 Å². The second kappa shape index (κ2) is 4.95. The molecule has 2 aromatic carbocycles. The topological polar surface area (TPSA) is 107 Å². The Morgan fingerprint density at radius 1 is 0.619 bits per heavy atom. The highest BCUT2D eigenvalue weighted by atomic mass is 32.1. The molecule has 0 atom stereocenters. The molecule has 0 aliphatic rings. The molecule has 0 aliphatic carbocycles. The number of hydrogen-bond acceptors (Lipinski definition) is 7. The molecule has 1 aromatic heterocycles. The lowest BCUT2D eigenvalue weighted by atomic mass is 10.2. The second-order valence-corrected chi connectivity index (χ2v) is 5.30. The zero-order valence-electron chi connectivity index (χ0n) is 10.6. The highest BCUT2D eigenvalue weighted by Gasteiger charge is 2.12. The van der Waals surface area contributed by atoms with Gasteiger partial charge in [0.1, 0.15) is 10.0 Å². The number of benzene rings is 2. The second-order valence-electron chi connectivity index (χ2n) is 4.32. The third-order valence-electron chi connectivity index (χ3n) is 2.87. The Hall–Kier alpha value is -2.80. The van der Waals surface area contributed by atoms with Gasteiger partial charge in [0.05, 0.1) is 0 Å². The van der Waals surface area contributed by atoms with Crippen LogP contribution in [-0.4, -0.2) is 30.6 Å². The maximum atomic E-state index is 9.50. The summed E-state index contributed by atoms with van der Waals surface area (Å²) in [6.45, 7) is 0. The van der Waals surface area contributed by atoms with Crippen LogP contribution in [0.1, 0.15) is 0 Å². The minimum atomic E-state index is -0.230. The van der Waals surface area contributed by atoms with Crippen LogP contribution >= 0.6 is 11.3 Å². The van der Waals surface area contributed by atoms with E-state index in [4.69, 9.17) is 0 Å². The summed E-state index contributed by atoms with van der Waals surface area (Å²) < 4.78 is 0. The van der Waals surface area contributed by atoms with E-state index in [0.29, 0.717) is 21.1 Å². The Morgan fingerprint density at radius 2 is 1.05 bits per heavy atom. The minimum absolute atomic E-state index is 0.202. The lowest BCUT2D eigenvalue weighted by Crippen LogP contribution is -1.78. The summed E-state index contributed by atoms with van der Waals surface area (Å²) in [7, 11) is 0. The van der Waals surface area contributed by atoms with Crippen molar-refractivity contribution in [3.63, 3.8) is 0 Å². The van der Waals surface area contributed by atoms with Crippen molar-refractivity contribution in [1.29, 1.82) is 0 Å². The predicted molar refractivity (Wildman–Crippen MR) is 77.4 cm³/mol. The third kappa shape index (κ3) is 2.46. The van der Waals surface area contributed by atoms with Gasteiger partial charge in [-0.05, 0) is 36.4 Å². The molecule has 6 nitrogen and oxygen atoms in total. The molecule has 7 heteroatoms. The van der Waals surface area contributed by atoms with Crippen LogP contribution in [0.4, 0.5) is 0 Å². The Balaban J connectivity index is 1.99. The molecule has 0 aliphatic heterocycles. The van der Waals surface area contributed by atoms with E-state index in [9.17, 15) is 20.4 Å². The Kier molecular flexibility index (Phi) is 3.11. The van der Waals surface area contributed by atoms with Gasteiger partial charge in [0.25, 0.3) is 0 Å². The first-order chi connectivity index (χ1) is 10.0. The van der Waals surface area contributed by atoms with Crippen molar-refractivity contribution in [3.8, 4) is 44.1 Å². The van der Waals surface area contributed by atoms with Gasteiger partial charge in [0.15, 0.2) is 23.0 Å². The van der Waals surface area contributed by atoms with Crippen LogP contribution in [0.3, 0.4) is 0 Å². The number of nitrogens with zero attached hydrogens (tertiary/aromatic N) is 2. The molecule has 1 heterocycles. The number of rotatable bonds is 2. The zero-order chi connectivity index (χ0) is 15.0. The van der Waals surface area contributed by atoms with Crippen molar-refractivity contribution in [3.05, 3.63) is 36.4 Å². The van der Waals surface area contributed by atoms with Gasteiger partial charge in [-0.2, -0.15) is 0 Å². The fraction of sp³-hybridized carbons (Fsp3) is 0. The fourth-order valence-electron chi connectivity index (χ4n) is 1.77. The first kappa shape index (κ1) is 13.2. The Labute approximate surface area is 123 Å². The molecule has 0 saturated carbocycles. The third-order valence-corrected chi connectivity index (χ3v) is 3.89. The van der Waals surface area contributed by atoms with Crippen LogP contribution in [0.5, 0.6) is 23.0 Å². The fourth-order valence-corrected chi connectivity index (χ4v) is 2.61. The number of hydrogen-bond donors (Lipinski definition) is 4. The lowest BCUT2D eigenvalue weighted by molar-refractivity contribution is 0.404. The Morgan fingerprint density at radius 3 is 1.43 bits per heavy atom. The first-order valence-electron chi connectivity index (χ1n) is 5.93. The summed E-state index contributed by atoms with van der Waals surface area (Å²) in [6, 6.07) is 8.78. The highest BCUT2D eigenvalue weighted by Crippen LogP contribution is 2.36. The van der Waals surface area contributed by atoms with E-state index < -0.39 is 0 Å². The number of phenolic OH excluding ortho intramolecular Hbond substituents is 4. The van der Waals surface area contributed by atoms with E-state index in [1.165, 1.54) is 35.6 Å². The number of aromatic nitrogens is 2. The van der Waals surface area contributed by atoms with Crippen LogP contribution in [0.25, 0.3) is 21.1 Å². The van der Waals surface area contributed by atoms with E-state index >= 15 is 0 Å². The molecule has 3 rings (SSSR count). The largest absolute Gasteiger partial charge is 0.504 e. The van der Waals surface area contributed by atoms with Crippen LogP contribution in [0.15, 0.2) is 36.4 Å². The number of aromatic hydroxyl groups is 4. The van der Waals surface area contributed by atoms with E-state index in [1.54, 1.807) is 12.1 Å². The van der Waals surface area contributed by atoms with E-state index in [1.807, 2.05) is 0 Å². The number of phenols is 4. The summed E-state index contributed by atoms with van der Waals surface area (Å²) in [5, 5.41) is 46.7. The van der Waals surface area contributed by atoms with Gasteiger partial charge in [-0.15, -0.1) is 10.2 Å². The summed E-state index contributed by atoms with van der Waals surface area (Å²) in [4.78, 5) is 0. The Bertz CT molecular complexity index is 750. The molecule has 3 aromatic rings. The van der Waals surface area contributed by atoms with E-state index in [0.717, 1.165) is 0 Å². The average molecular weight is 302 g/mol. The van der Waals surface area contributed by atoms with Crippen LogP contribution < -0.4 is 0 Å². The summed E-state index contributed by atoms with van der Waals surface area (Å²) in [5.74, 6) is -0.864. The lowest BCUT2D eigenvalue weighted by Gasteiger charge is -2.00. The van der Waals surface area contributed by atoms with Gasteiger partial charge in [-0.3, -0.25) is 0 Å². The molecule has 0 radical (unpaired) electrons. The normalized spacial score (nSPS) is 10.7.